The van der Waals surface area contributed by atoms with Gasteiger partial charge in [0.05, 0.1) is 11.9 Å². The average molecular weight is 399 g/mol. The van der Waals surface area contributed by atoms with E-state index in [0.29, 0.717) is 29.5 Å². The van der Waals surface area contributed by atoms with Crippen molar-refractivity contribution in [3.05, 3.63) is 65.6 Å². The zero-order valence-electron chi connectivity index (χ0n) is 14.7. The zero-order chi connectivity index (χ0) is 18.6. The molecule has 0 spiro atoms. The lowest BCUT2D eigenvalue weighted by molar-refractivity contribution is -0.118. The number of anilines is 1. The van der Waals surface area contributed by atoms with Crippen molar-refractivity contribution in [3.8, 4) is 11.3 Å². The third kappa shape index (κ3) is 4.20. The van der Waals surface area contributed by atoms with Crippen LogP contribution in [0.5, 0.6) is 0 Å². The fraction of sp³-hybridized carbons (Fsp3) is 0.238. The number of carbonyl (C=O) groups excluding carboxylic acids is 1. The molecular formula is C21H19ClN2O2S. The Bertz CT molecular complexity index is 939. The van der Waals surface area contributed by atoms with Gasteiger partial charge >= 0.3 is 0 Å². The summed E-state index contributed by atoms with van der Waals surface area (Å²) < 4.78 is 5.81. The van der Waals surface area contributed by atoms with Crippen LogP contribution < -0.4 is 4.90 Å². The minimum Gasteiger partial charge on any atom is -0.441 e. The van der Waals surface area contributed by atoms with Crippen molar-refractivity contribution < 1.29 is 9.21 Å². The molecule has 0 saturated carbocycles. The number of halogens is 1. The molecular weight excluding hydrogens is 380 g/mol. The van der Waals surface area contributed by atoms with Crippen molar-refractivity contribution in [2.45, 2.75) is 24.2 Å². The van der Waals surface area contributed by atoms with Gasteiger partial charge in [-0.3, -0.25) is 4.79 Å². The highest BCUT2D eigenvalue weighted by Crippen LogP contribution is 2.34. The summed E-state index contributed by atoms with van der Waals surface area (Å²) in [5.41, 5.74) is 1.93. The van der Waals surface area contributed by atoms with E-state index in [0.717, 1.165) is 30.0 Å². The Morgan fingerprint density at radius 1 is 1.19 bits per heavy atom. The van der Waals surface area contributed by atoms with E-state index in [2.05, 4.69) is 11.1 Å². The van der Waals surface area contributed by atoms with Crippen molar-refractivity contribution in [1.82, 2.24) is 4.98 Å². The van der Waals surface area contributed by atoms with E-state index < -0.39 is 0 Å². The first-order valence-electron chi connectivity index (χ1n) is 8.93. The van der Waals surface area contributed by atoms with Crippen LogP contribution in [0.3, 0.4) is 0 Å². The normalized spacial score (nSPS) is 13.9. The molecule has 1 aromatic heterocycles. The summed E-state index contributed by atoms with van der Waals surface area (Å²) >= 11 is 7.73. The highest BCUT2D eigenvalue weighted by atomic mass is 35.5. The Labute approximate surface area is 167 Å². The number of hydrogen-bond donors (Lipinski definition) is 0. The van der Waals surface area contributed by atoms with Crippen LogP contribution in [-0.2, 0) is 11.2 Å². The molecule has 27 heavy (non-hydrogen) atoms. The van der Waals surface area contributed by atoms with Crippen LogP contribution in [0, 0.1) is 0 Å². The number of amides is 1. The third-order valence-electron chi connectivity index (χ3n) is 4.48. The molecule has 0 N–H and O–H groups in total. The maximum atomic E-state index is 12.8. The number of para-hydroxylation sites is 1. The number of carbonyl (C=O) groups is 1. The lowest BCUT2D eigenvalue weighted by Gasteiger charge is -2.22. The fourth-order valence-electron chi connectivity index (χ4n) is 3.11. The maximum Gasteiger partial charge on any atom is 0.227 e. The van der Waals surface area contributed by atoms with E-state index in [1.807, 2.05) is 59.1 Å². The molecule has 0 bridgehead atoms. The fourth-order valence-corrected chi connectivity index (χ4v) is 4.23. The summed E-state index contributed by atoms with van der Waals surface area (Å²) in [4.78, 5) is 20.2. The van der Waals surface area contributed by atoms with E-state index in [1.165, 1.54) is 4.90 Å². The van der Waals surface area contributed by atoms with Gasteiger partial charge in [-0.15, -0.1) is 11.8 Å². The van der Waals surface area contributed by atoms with Crippen LogP contribution in [0.2, 0.25) is 5.02 Å². The molecule has 4 nitrogen and oxygen atoms in total. The molecule has 4 rings (SSSR count). The van der Waals surface area contributed by atoms with Gasteiger partial charge in [0.15, 0.2) is 11.7 Å². The minimum atomic E-state index is 0.108. The second kappa shape index (κ2) is 8.19. The largest absolute Gasteiger partial charge is 0.441 e. The highest BCUT2D eigenvalue weighted by Gasteiger charge is 2.21. The number of hydrogen-bond acceptors (Lipinski definition) is 4. The predicted octanol–water partition coefficient (Wildman–Crippen LogP) is 5.46. The second-order valence-electron chi connectivity index (χ2n) is 6.34. The number of aryl methyl sites for hydroxylation is 1. The van der Waals surface area contributed by atoms with Gasteiger partial charge in [0, 0.05) is 34.9 Å². The van der Waals surface area contributed by atoms with Gasteiger partial charge < -0.3 is 9.32 Å². The molecule has 2 heterocycles. The van der Waals surface area contributed by atoms with Crippen LogP contribution in [0.15, 0.2) is 64.0 Å². The monoisotopic (exact) mass is 398 g/mol. The van der Waals surface area contributed by atoms with Crippen LogP contribution in [-0.4, -0.2) is 23.2 Å². The molecule has 0 saturated heterocycles. The number of rotatable bonds is 4. The molecule has 0 unspecified atom stereocenters. The Morgan fingerprint density at radius 2 is 2.00 bits per heavy atom. The van der Waals surface area contributed by atoms with Crippen LogP contribution in [0.25, 0.3) is 11.3 Å². The Morgan fingerprint density at radius 3 is 2.85 bits per heavy atom. The molecule has 138 valence electrons. The van der Waals surface area contributed by atoms with Crippen LogP contribution >= 0.6 is 23.4 Å². The van der Waals surface area contributed by atoms with Crippen molar-refractivity contribution in [2.24, 2.45) is 0 Å². The Balaban J connectivity index is 1.43. The molecule has 3 aromatic rings. The molecule has 1 aliphatic heterocycles. The quantitative estimate of drug-likeness (QED) is 0.585. The number of aromatic nitrogens is 1. The van der Waals surface area contributed by atoms with Crippen molar-refractivity contribution in [2.75, 3.05) is 17.2 Å². The molecule has 0 radical (unpaired) electrons. The maximum absolute atomic E-state index is 12.8. The van der Waals surface area contributed by atoms with Gasteiger partial charge in [-0.2, -0.15) is 0 Å². The second-order valence-corrected chi connectivity index (χ2v) is 7.91. The van der Waals surface area contributed by atoms with E-state index in [9.17, 15) is 4.79 Å². The number of thioether (sulfide) groups is 1. The van der Waals surface area contributed by atoms with Crippen molar-refractivity contribution in [3.63, 3.8) is 0 Å². The molecule has 0 aliphatic carbocycles. The summed E-state index contributed by atoms with van der Waals surface area (Å²) in [6, 6.07) is 15.5. The summed E-state index contributed by atoms with van der Waals surface area (Å²) in [5, 5.41) is 0.681. The minimum absolute atomic E-state index is 0.108. The predicted molar refractivity (Wildman–Crippen MR) is 109 cm³/mol. The van der Waals surface area contributed by atoms with E-state index >= 15 is 0 Å². The van der Waals surface area contributed by atoms with E-state index in [4.69, 9.17) is 16.0 Å². The van der Waals surface area contributed by atoms with Gasteiger partial charge in [-0.05, 0) is 48.6 Å². The number of nitrogens with zero attached hydrogens (tertiary/aromatic N) is 2. The first-order chi connectivity index (χ1) is 13.2. The Hall–Kier alpha value is -2.24. The van der Waals surface area contributed by atoms with Crippen molar-refractivity contribution in [1.29, 1.82) is 0 Å². The van der Waals surface area contributed by atoms with E-state index in [-0.39, 0.29) is 5.91 Å². The van der Waals surface area contributed by atoms with Gasteiger partial charge in [0.1, 0.15) is 0 Å². The van der Waals surface area contributed by atoms with Gasteiger partial charge in [0.25, 0.3) is 0 Å². The van der Waals surface area contributed by atoms with Gasteiger partial charge in [0.2, 0.25) is 5.91 Å². The number of fused-ring (bicyclic) bond motifs is 1. The van der Waals surface area contributed by atoms with Gasteiger partial charge in [-0.1, -0.05) is 23.7 Å². The van der Waals surface area contributed by atoms with E-state index in [1.54, 1.807) is 6.20 Å². The molecule has 6 heteroatoms. The Kier molecular flexibility index (Phi) is 5.50. The average Bonchev–Trinajstić information content (AvgIpc) is 3.06. The summed E-state index contributed by atoms with van der Waals surface area (Å²) in [7, 11) is 0. The summed E-state index contributed by atoms with van der Waals surface area (Å²) in [6.07, 6.45) is 3.55. The SMILES string of the molecule is O=C(CCc1ncc(-c2ccc(Cl)cc2)o1)N1CCCSc2ccccc21. The number of oxazole rings is 1. The first kappa shape index (κ1) is 18.1. The molecule has 2 aromatic carbocycles. The lowest BCUT2D eigenvalue weighted by Crippen LogP contribution is -2.32. The molecule has 0 atom stereocenters. The lowest BCUT2D eigenvalue weighted by atomic mass is 10.2. The highest BCUT2D eigenvalue weighted by molar-refractivity contribution is 7.99. The molecule has 1 aliphatic rings. The first-order valence-corrected chi connectivity index (χ1v) is 10.3. The smallest absolute Gasteiger partial charge is 0.227 e. The summed E-state index contributed by atoms with van der Waals surface area (Å²) in [6.45, 7) is 0.754. The van der Waals surface area contributed by atoms with Gasteiger partial charge in [-0.25, -0.2) is 4.98 Å². The third-order valence-corrected chi connectivity index (χ3v) is 5.88. The molecule has 1 amide bonds. The molecule has 0 fully saturated rings. The summed E-state index contributed by atoms with van der Waals surface area (Å²) in [5.74, 6) is 2.40. The van der Waals surface area contributed by atoms with Crippen molar-refractivity contribution >= 4 is 35.0 Å². The van der Waals surface area contributed by atoms with Crippen LogP contribution in [0.4, 0.5) is 5.69 Å². The van der Waals surface area contributed by atoms with Crippen LogP contribution in [0.1, 0.15) is 18.7 Å². The number of benzene rings is 2. The zero-order valence-corrected chi connectivity index (χ0v) is 16.3. The standard InChI is InChI=1S/C21H19ClN2O2S/c22-16-8-6-15(7-9-16)18-14-23-20(26-18)10-11-21(25)24-12-3-13-27-19-5-2-1-4-17(19)24/h1-2,4-9,14H,3,10-13H2. The topological polar surface area (TPSA) is 46.3 Å².